The Bertz CT molecular complexity index is 134. The van der Waals surface area contributed by atoms with E-state index in [9.17, 15) is 0 Å². The zero-order chi connectivity index (χ0) is 14.0. The zero-order valence-electron chi connectivity index (χ0n) is 13.5. The molecule has 0 aromatic heterocycles. The van der Waals surface area contributed by atoms with Gasteiger partial charge in [-0.3, -0.25) is 0 Å². The van der Waals surface area contributed by atoms with Crippen LogP contribution in [-0.2, 0) is 4.74 Å². The number of hydrogen-bond donors (Lipinski definition) is 1. The lowest BCUT2D eigenvalue weighted by molar-refractivity contribution is 0.192. The predicted molar refractivity (Wildman–Crippen MR) is 85.8 cm³/mol. The first kappa shape index (κ1) is 18.9. The van der Waals surface area contributed by atoms with E-state index in [1.165, 1.54) is 90.0 Å². The Labute approximate surface area is 121 Å². The Hall–Kier alpha value is -0.0800. The van der Waals surface area contributed by atoms with Crippen LogP contribution in [0.5, 0.6) is 0 Å². The molecule has 116 valence electrons. The number of nitrogens with one attached hydrogen (secondary N) is 1. The minimum absolute atomic E-state index is 0.939. The van der Waals surface area contributed by atoms with Crippen molar-refractivity contribution >= 4 is 0 Å². The summed E-state index contributed by atoms with van der Waals surface area (Å²) in [5, 5.41) is 3.21. The topological polar surface area (TPSA) is 21.3 Å². The second kappa shape index (κ2) is 17.9. The van der Waals surface area contributed by atoms with E-state index < -0.39 is 0 Å². The Morgan fingerprint density at radius 1 is 0.579 bits per heavy atom. The largest absolute Gasteiger partial charge is 0.385 e. The van der Waals surface area contributed by atoms with E-state index in [-0.39, 0.29) is 0 Å². The van der Waals surface area contributed by atoms with Crippen molar-refractivity contribution in [3.05, 3.63) is 0 Å². The van der Waals surface area contributed by atoms with Crippen LogP contribution >= 0.6 is 0 Å². The van der Waals surface area contributed by atoms with Gasteiger partial charge in [-0.25, -0.2) is 0 Å². The molecule has 0 heterocycles. The normalized spacial score (nSPS) is 11.1. The molecule has 1 N–H and O–H groups in total. The first-order valence-corrected chi connectivity index (χ1v) is 8.55. The summed E-state index contributed by atoms with van der Waals surface area (Å²) in [6, 6.07) is 0. The molecule has 0 bridgehead atoms. The standard InChI is InChI=1S/C17H37NO/c1-18-16-14-12-10-8-6-4-3-5-7-9-11-13-15-17-19-2/h18H,3-17H2,1-2H3. The minimum Gasteiger partial charge on any atom is -0.385 e. The van der Waals surface area contributed by atoms with E-state index in [0.29, 0.717) is 0 Å². The molecule has 2 heteroatoms. The summed E-state index contributed by atoms with van der Waals surface area (Å²) in [5.41, 5.74) is 0. The van der Waals surface area contributed by atoms with Gasteiger partial charge in [-0.2, -0.15) is 0 Å². The van der Waals surface area contributed by atoms with Gasteiger partial charge in [-0.05, 0) is 26.4 Å². The van der Waals surface area contributed by atoms with Crippen LogP contribution in [-0.4, -0.2) is 27.3 Å². The molecule has 2 nitrogen and oxygen atoms in total. The van der Waals surface area contributed by atoms with Crippen molar-refractivity contribution in [1.82, 2.24) is 5.32 Å². The molecule has 0 spiro atoms. The van der Waals surface area contributed by atoms with Crippen LogP contribution in [0.3, 0.4) is 0 Å². The molecular formula is C17H37NO. The van der Waals surface area contributed by atoms with Crippen LogP contribution in [0, 0.1) is 0 Å². The highest BCUT2D eigenvalue weighted by molar-refractivity contribution is 4.49. The molecule has 0 fully saturated rings. The van der Waals surface area contributed by atoms with Crippen LogP contribution in [0.1, 0.15) is 83.5 Å². The van der Waals surface area contributed by atoms with E-state index in [0.717, 1.165) is 6.61 Å². The molecule has 0 radical (unpaired) electrons. The number of rotatable bonds is 16. The maximum absolute atomic E-state index is 5.05. The zero-order valence-corrected chi connectivity index (χ0v) is 13.5. The fourth-order valence-corrected chi connectivity index (χ4v) is 2.49. The predicted octanol–water partition coefficient (Wildman–Crippen LogP) is 4.92. The SMILES string of the molecule is CNCCCCCCCCCCCCCCCOC. The van der Waals surface area contributed by atoms with Crippen LogP contribution in [0.2, 0.25) is 0 Å². The molecule has 0 aliphatic carbocycles. The maximum atomic E-state index is 5.05. The summed E-state index contributed by atoms with van der Waals surface area (Å²) in [7, 11) is 3.83. The Kier molecular flexibility index (Phi) is 17.8. The van der Waals surface area contributed by atoms with E-state index >= 15 is 0 Å². The summed E-state index contributed by atoms with van der Waals surface area (Å²) in [4.78, 5) is 0. The van der Waals surface area contributed by atoms with E-state index in [4.69, 9.17) is 4.74 Å². The van der Waals surface area contributed by atoms with Crippen molar-refractivity contribution in [3.63, 3.8) is 0 Å². The Morgan fingerprint density at radius 3 is 1.32 bits per heavy atom. The Balaban J connectivity index is 2.88. The van der Waals surface area contributed by atoms with Crippen molar-refractivity contribution in [2.24, 2.45) is 0 Å². The quantitative estimate of drug-likeness (QED) is 0.402. The molecule has 0 rings (SSSR count). The van der Waals surface area contributed by atoms with E-state index in [1.807, 2.05) is 7.05 Å². The number of unbranched alkanes of at least 4 members (excludes halogenated alkanes) is 12. The number of hydrogen-bond acceptors (Lipinski definition) is 2. The van der Waals surface area contributed by atoms with Gasteiger partial charge in [0.25, 0.3) is 0 Å². The fraction of sp³-hybridized carbons (Fsp3) is 1.00. The molecule has 0 aromatic carbocycles. The van der Waals surface area contributed by atoms with Gasteiger partial charge >= 0.3 is 0 Å². The monoisotopic (exact) mass is 271 g/mol. The van der Waals surface area contributed by atoms with Gasteiger partial charge in [-0.15, -0.1) is 0 Å². The van der Waals surface area contributed by atoms with Crippen LogP contribution < -0.4 is 5.32 Å². The van der Waals surface area contributed by atoms with Crippen LogP contribution in [0.15, 0.2) is 0 Å². The van der Waals surface area contributed by atoms with Gasteiger partial charge < -0.3 is 10.1 Å². The van der Waals surface area contributed by atoms with Crippen molar-refractivity contribution in [2.45, 2.75) is 83.5 Å². The molecule has 0 aliphatic rings. The highest BCUT2D eigenvalue weighted by Crippen LogP contribution is 2.12. The third kappa shape index (κ3) is 17.9. The fourth-order valence-electron chi connectivity index (χ4n) is 2.49. The van der Waals surface area contributed by atoms with Gasteiger partial charge in [0.1, 0.15) is 0 Å². The summed E-state index contributed by atoms with van der Waals surface area (Å²) < 4.78 is 5.05. The first-order chi connectivity index (χ1) is 9.41. The van der Waals surface area contributed by atoms with E-state index in [1.54, 1.807) is 7.11 Å². The second-order valence-electron chi connectivity index (χ2n) is 5.69. The minimum atomic E-state index is 0.939. The average molecular weight is 271 g/mol. The molecule has 0 aromatic rings. The maximum Gasteiger partial charge on any atom is 0.0462 e. The molecule has 0 saturated carbocycles. The van der Waals surface area contributed by atoms with Crippen LogP contribution in [0.4, 0.5) is 0 Å². The second-order valence-corrected chi connectivity index (χ2v) is 5.69. The summed E-state index contributed by atoms with van der Waals surface area (Å²) in [5.74, 6) is 0. The van der Waals surface area contributed by atoms with Crippen molar-refractivity contribution < 1.29 is 4.74 Å². The third-order valence-electron chi connectivity index (χ3n) is 3.78. The highest BCUT2D eigenvalue weighted by atomic mass is 16.5. The lowest BCUT2D eigenvalue weighted by Gasteiger charge is -2.03. The molecule has 19 heavy (non-hydrogen) atoms. The van der Waals surface area contributed by atoms with Gasteiger partial charge in [0.15, 0.2) is 0 Å². The van der Waals surface area contributed by atoms with Gasteiger partial charge in [-0.1, -0.05) is 70.6 Å². The lowest BCUT2D eigenvalue weighted by atomic mass is 10.0. The summed E-state index contributed by atoms with van der Waals surface area (Å²) in [6.45, 7) is 2.12. The summed E-state index contributed by atoms with van der Waals surface area (Å²) in [6.07, 6.45) is 18.3. The highest BCUT2D eigenvalue weighted by Gasteiger charge is 1.94. The van der Waals surface area contributed by atoms with Crippen molar-refractivity contribution in [3.8, 4) is 0 Å². The molecule has 0 amide bonds. The van der Waals surface area contributed by atoms with Crippen molar-refractivity contribution in [1.29, 1.82) is 0 Å². The third-order valence-corrected chi connectivity index (χ3v) is 3.78. The molecule has 0 atom stereocenters. The lowest BCUT2D eigenvalue weighted by Crippen LogP contribution is -2.06. The van der Waals surface area contributed by atoms with Crippen molar-refractivity contribution in [2.75, 3.05) is 27.3 Å². The van der Waals surface area contributed by atoms with Gasteiger partial charge in [0.2, 0.25) is 0 Å². The van der Waals surface area contributed by atoms with Gasteiger partial charge in [0.05, 0.1) is 0 Å². The average Bonchev–Trinajstić information content (AvgIpc) is 2.43. The molecule has 0 aliphatic heterocycles. The van der Waals surface area contributed by atoms with Gasteiger partial charge in [0, 0.05) is 13.7 Å². The molecule has 0 unspecified atom stereocenters. The van der Waals surface area contributed by atoms with E-state index in [2.05, 4.69) is 5.32 Å². The Morgan fingerprint density at radius 2 is 0.947 bits per heavy atom. The molecular weight excluding hydrogens is 234 g/mol. The number of methoxy groups -OCH3 is 1. The first-order valence-electron chi connectivity index (χ1n) is 8.55. The van der Waals surface area contributed by atoms with Crippen LogP contribution in [0.25, 0.3) is 0 Å². The smallest absolute Gasteiger partial charge is 0.0462 e. The number of ether oxygens (including phenoxy) is 1. The summed E-state index contributed by atoms with van der Waals surface area (Å²) >= 11 is 0. The molecule has 0 saturated heterocycles.